The second-order valence-electron chi connectivity index (χ2n) is 5.06. The molecule has 0 fully saturated rings. The van der Waals surface area contributed by atoms with Crippen molar-refractivity contribution in [1.82, 2.24) is 10.3 Å². The van der Waals surface area contributed by atoms with E-state index in [0.717, 1.165) is 10.6 Å². The van der Waals surface area contributed by atoms with Crippen LogP contribution in [0.25, 0.3) is 0 Å². The number of hydrogen-bond acceptors (Lipinski definition) is 5. The van der Waals surface area contributed by atoms with Crippen LogP contribution in [0.3, 0.4) is 0 Å². The molecule has 0 aliphatic heterocycles. The van der Waals surface area contributed by atoms with Crippen LogP contribution in [0.4, 0.5) is 0 Å². The zero-order valence-corrected chi connectivity index (χ0v) is 15.5. The van der Waals surface area contributed by atoms with Gasteiger partial charge in [0.1, 0.15) is 4.88 Å². The van der Waals surface area contributed by atoms with E-state index in [2.05, 4.69) is 10.3 Å². The maximum absolute atomic E-state index is 11.9. The number of carbonyl (C=O) groups is 2. The van der Waals surface area contributed by atoms with Gasteiger partial charge >= 0.3 is 5.97 Å². The molecule has 1 aromatic carbocycles. The topological polar surface area (TPSA) is 68.3 Å². The van der Waals surface area contributed by atoms with E-state index in [4.69, 9.17) is 27.9 Å². The van der Waals surface area contributed by atoms with Crippen molar-refractivity contribution >= 4 is 46.4 Å². The third-order valence-electron chi connectivity index (χ3n) is 3.15. The number of aryl methyl sites for hydroxylation is 2. The largest absolute Gasteiger partial charge is 0.451 e. The lowest BCUT2D eigenvalue weighted by Gasteiger charge is -2.07. The number of thiazole rings is 1. The average molecular weight is 387 g/mol. The number of hydrogen-bond donors (Lipinski definition) is 1. The number of esters is 1. The standard InChI is InChI=1S/C16H16Cl2N2O3S/c1-9-15(24-10(2)20-9)16(22)23-8-14(21)19-6-5-11-3-4-12(17)7-13(11)18/h3-4,7H,5-6,8H2,1-2H3,(H,19,21). The second-order valence-corrected chi connectivity index (χ2v) is 7.11. The van der Waals surface area contributed by atoms with Crippen molar-refractivity contribution in [2.24, 2.45) is 0 Å². The van der Waals surface area contributed by atoms with Crippen LogP contribution in [0.5, 0.6) is 0 Å². The van der Waals surface area contributed by atoms with Crippen molar-refractivity contribution in [2.75, 3.05) is 13.2 Å². The zero-order chi connectivity index (χ0) is 17.7. The number of ether oxygens (including phenoxy) is 1. The monoisotopic (exact) mass is 386 g/mol. The van der Waals surface area contributed by atoms with Gasteiger partial charge in [-0.25, -0.2) is 9.78 Å². The fourth-order valence-electron chi connectivity index (χ4n) is 2.03. The lowest BCUT2D eigenvalue weighted by Crippen LogP contribution is -2.30. The molecule has 0 saturated carbocycles. The number of nitrogens with zero attached hydrogens (tertiary/aromatic N) is 1. The highest BCUT2D eigenvalue weighted by atomic mass is 35.5. The summed E-state index contributed by atoms with van der Waals surface area (Å²) in [5, 5.41) is 4.58. The molecule has 2 rings (SSSR count). The number of rotatable bonds is 6. The normalized spacial score (nSPS) is 10.5. The van der Waals surface area contributed by atoms with Gasteiger partial charge in [0.15, 0.2) is 6.61 Å². The molecule has 128 valence electrons. The Labute approximate surface area is 153 Å². The van der Waals surface area contributed by atoms with Crippen LogP contribution in [0.1, 0.15) is 25.9 Å². The van der Waals surface area contributed by atoms with E-state index in [-0.39, 0.29) is 12.5 Å². The van der Waals surface area contributed by atoms with Gasteiger partial charge in [0.2, 0.25) is 0 Å². The summed E-state index contributed by atoms with van der Waals surface area (Å²) in [5.74, 6) is -0.902. The van der Waals surface area contributed by atoms with Gasteiger partial charge < -0.3 is 10.1 Å². The van der Waals surface area contributed by atoms with Gasteiger partial charge in [-0.3, -0.25) is 4.79 Å². The first kappa shape index (κ1) is 18.7. The predicted octanol–water partition coefficient (Wildman–Crippen LogP) is 3.58. The Hall–Kier alpha value is -1.63. The van der Waals surface area contributed by atoms with Gasteiger partial charge in [0.05, 0.1) is 10.7 Å². The molecule has 1 N–H and O–H groups in total. The van der Waals surface area contributed by atoms with Crippen LogP contribution >= 0.6 is 34.5 Å². The molecular formula is C16H16Cl2N2O3S. The van der Waals surface area contributed by atoms with Crippen LogP contribution in [0.15, 0.2) is 18.2 Å². The van der Waals surface area contributed by atoms with Crippen LogP contribution in [-0.2, 0) is 16.0 Å². The summed E-state index contributed by atoms with van der Waals surface area (Å²) in [6, 6.07) is 5.21. The lowest BCUT2D eigenvalue weighted by molar-refractivity contribution is -0.124. The summed E-state index contributed by atoms with van der Waals surface area (Å²) in [7, 11) is 0. The van der Waals surface area contributed by atoms with Crippen molar-refractivity contribution in [3.8, 4) is 0 Å². The number of nitrogens with one attached hydrogen (secondary N) is 1. The predicted molar refractivity (Wildman–Crippen MR) is 95.0 cm³/mol. The first-order valence-corrected chi connectivity index (χ1v) is 8.76. The Morgan fingerprint density at radius 1 is 1.29 bits per heavy atom. The van der Waals surface area contributed by atoms with E-state index < -0.39 is 5.97 Å². The smallest absolute Gasteiger partial charge is 0.350 e. The Bertz CT molecular complexity index is 762. The van der Waals surface area contributed by atoms with Gasteiger partial charge in [0.25, 0.3) is 5.91 Å². The summed E-state index contributed by atoms with van der Waals surface area (Å²) in [4.78, 5) is 28.2. The Balaban J connectivity index is 1.75. The maximum atomic E-state index is 11.9. The zero-order valence-electron chi connectivity index (χ0n) is 13.2. The first-order valence-electron chi connectivity index (χ1n) is 7.18. The van der Waals surface area contributed by atoms with E-state index >= 15 is 0 Å². The number of amides is 1. The van der Waals surface area contributed by atoms with Gasteiger partial charge in [-0.2, -0.15) is 0 Å². The molecule has 2 aromatic rings. The minimum Gasteiger partial charge on any atom is -0.451 e. The molecule has 0 radical (unpaired) electrons. The molecule has 1 heterocycles. The third kappa shape index (κ3) is 5.19. The molecule has 0 spiro atoms. The molecule has 0 unspecified atom stereocenters. The molecule has 5 nitrogen and oxygen atoms in total. The van der Waals surface area contributed by atoms with Crippen molar-refractivity contribution in [3.63, 3.8) is 0 Å². The van der Waals surface area contributed by atoms with Crippen LogP contribution in [0, 0.1) is 13.8 Å². The number of benzene rings is 1. The molecule has 24 heavy (non-hydrogen) atoms. The minimum absolute atomic E-state index is 0.330. The molecule has 0 aliphatic carbocycles. The molecule has 8 heteroatoms. The van der Waals surface area contributed by atoms with Gasteiger partial charge in [0, 0.05) is 16.6 Å². The highest BCUT2D eigenvalue weighted by Crippen LogP contribution is 2.21. The number of halogens is 2. The van der Waals surface area contributed by atoms with Crippen LogP contribution < -0.4 is 5.32 Å². The highest BCUT2D eigenvalue weighted by Gasteiger charge is 2.16. The molecule has 0 bridgehead atoms. The van der Waals surface area contributed by atoms with E-state index in [9.17, 15) is 9.59 Å². The second kappa shape index (κ2) is 8.46. The average Bonchev–Trinajstić information content (AvgIpc) is 2.86. The SMILES string of the molecule is Cc1nc(C)c(C(=O)OCC(=O)NCCc2ccc(Cl)cc2Cl)s1. The van der Waals surface area contributed by atoms with E-state index in [1.165, 1.54) is 11.3 Å². The molecular weight excluding hydrogens is 371 g/mol. The number of aromatic nitrogens is 1. The number of carbonyl (C=O) groups excluding carboxylic acids is 2. The van der Waals surface area contributed by atoms with E-state index in [1.807, 2.05) is 13.0 Å². The lowest BCUT2D eigenvalue weighted by atomic mass is 10.1. The molecule has 1 amide bonds. The fourth-order valence-corrected chi connectivity index (χ4v) is 3.35. The summed E-state index contributed by atoms with van der Waals surface area (Å²) in [6.07, 6.45) is 0.558. The third-order valence-corrected chi connectivity index (χ3v) is 4.79. The van der Waals surface area contributed by atoms with Crippen LogP contribution in [-0.4, -0.2) is 30.0 Å². The van der Waals surface area contributed by atoms with Crippen molar-refractivity contribution < 1.29 is 14.3 Å². The Morgan fingerprint density at radius 3 is 2.67 bits per heavy atom. The summed E-state index contributed by atoms with van der Waals surface area (Å²) in [5.41, 5.74) is 1.49. The maximum Gasteiger partial charge on any atom is 0.350 e. The van der Waals surface area contributed by atoms with Gasteiger partial charge in [-0.15, -0.1) is 11.3 Å². The Morgan fingerprint density at radius 2 is 2.04 bits per heavy atom. The fraction of sp³-hybridized carbons (Fsp3) is 0.312. The minimum atomic E-state index is -0.533. The van der Waals surface area contributed by atoms with Crippen molar-refractivity contribution in [1.29, 1.82) is 0 Å². The Kier molecular flexibility index (Phi) is 6.60. The van der Waals surface area contributed by atoms with Crippen molar-refractivity contribution in [2.45, 2.75) is 20.3 Å². The molecule has 0 aliphatic rings. The van der Waals surface area contributed by atoms with E-state index in [1.54, 1.807) is 19.1 Å². The van der Waals surface area contributed by atoms with Gasteiger partial charge in [-0.1, -0.05) is 29.3 Å². The summed E-state index contributed by atoms with van der Waals surface area (Å²) >= 11 is 13.1. The first-order chi connectivity index (χ1) is 11.4. The van der Waals surface area contributed by atoms with Crippen molar-refractivity contribution in [3.05, 3.63) is 49.4 Å². The highest BCUT2D eigenvalue weighted by molar-refractivity contribution is 7.13. The summed E-state index contributed by atoms with van der Waals surface area (Å²) in [6.45, 7) is 3.60. The molecule has 1 aromatic heterocycles. The molecule has 0 atom stereocenters. The van der Waals surface area contributed by atoms with Crippen LogP contribution in [0.2, 0.25) is 10.0 Å². The van der Waals surface area contributed by atoms with Gasteiger partial charge in [-0.05, 0) is 38.0 Å². The quantitative estimate of drug-likeness (QED) is 0.770. The summed E-state index contributed by atoms with van der Waals surface area (Å²) < 4.78 is 5.00. The van der Waals surface area contributed by atoms with E-state index in [0.29, 0.717) is 33.6 Å². The molecule has 0 saturated heterocycles.